The van der Waals surface area contributed by atoms with Gasteiger partial charge in [0.05, 0.1) is 5.56 Å². The Morgan fingerprint density at radius 2 is 1.85 bits per heavy atom. The molecule has 0 aliphatic carbocycles. The van der Waals surface area contributed by atoms with E-state index in [0.29, 0.717) is 15.5 Å². The second-order valence-corrected chi connectivity index (χ2v) is 5.64. The largest absolute Gasteiger partial charge is 0.416 e. The summed E-state index contributed by atoms with van der Waals surface area (Å²) < 4.78 is 38.0. The van der Waals surface area contributed by atoms with Crippen LogP contribution in [0.2, 0.25) is 5.02 Å². The highest BCUT2D eigenvalue weighted by atomic mass is 35.5. The molecule has 0 unspecified atom stereocenters. The van der Waals surface area contributed by atoms with Crippen molar-refractivity contribution in [1.29, 1.82) is 0 Å². The lowest BCUT2D eigenvalue weighted by Crippen LogP contribution is -2.07. The van der Waals surface area contributed by atoms with Gasteiger partial charge in [0.25, 0.3) is 0 Å². The quantitative estimate of drug-likeness (QED) is 0.865. The lowest BCUT2D eigenvalue weighted by molar-refractivity contribution is -0.137. The molecule has 6 heteroatoms. The maximum absolute atomic E-state index is 12.7. The second-order valence-electron chi connectivity index (χ2n) is 4.08. The molecule has 0 aromatic heterocycles. The molecule has 0 fully saturated rings. The Morgan fingerprint density at radius 3 is 2.45 bits per heavy atom. The zero-order chi connectivity index (χ0) is 14.8. The fourth-order valence-corrected chi connectivity index (χ4v) is 2.92. The summed E-state index contributed by atoms with van der Waals surface area (Å²) in [5, 5.41) is 0.580. The molecule has 0 heterocycles. The van der Waals surface area contributed by atoms with Crippen molar-refractivity contribution in [2.24, 2.45) is 5.73 Å². The third-order valence-corrected chi connectivity index (χ3v) is 3.97. The Bertz CT molecular complexity index is 614. The van der Waals surface area contributed by atoms with Crippen LogP contribution in [0.3, 0.4) is 0 Å². The first-order chi connectivity index (χ1) is 9.40. The van der Waals surface area contributed by atoms with Crippen molar-refractivity contribution < 1.29 is 13.2 Å². The maximum Gasteiger partial charge on any atom is 0.416 e. The lowest BCUT2D eigenvalue weighted by Gasteiger charge is -2.12. The van der Waals surface area contributed by atoms with Crippen LogP contribution in [-0.4, -0.2) is 0 Å². The van der Waals surface area contributed by atoms with Crippen LogP contribution in [-0.2, 0) is 12.7 Å². The van der Waals surface area contributed by atoms with E-state index in [9.17, 15) is 13.2 Å². The van der Waals surface area contributed by atoms with E-state index in [2.05, 4.69) is 0 Å². The molecule has 0 saturated heterocycles. The van der Waals surface area contributed by atoms with Crippen LogP contribution in [0.25, 0.3) is 0 Å². The molecule has 1 nitrogen and oxygen atoms in total. The summed E-state index contributed by atoms with van der Waals surface area (Å²) in [6.07, 6.45) is -4.36. The van der Waals surface area contributed by atoms with Crippen LogP contribution >= 0.6 is 23.4 Å². The molecular formula is C14H11ClF3NS. The van der Waals surface area contributed by atoms with E-state index in [1.54, 1.807) is 18.2 Å². The Labute approximate surface area is 123 Å². The molecule has 0 radical (unpaired) electrons. The highest BCUT2D eigenvalue weighted by Crippen LogP contribution is 2.36. The molecule has 0 amide bonds. The molecule has 0 bridgehead atoms. The number of hydrogen-bond acceptors (Lipinski definition) is 2. The molecule has 2 rings (SSSR count). The molecule has 0 atom stereocenters. The van der Waals surface area contributed by atoms with Gasteiger partial charge in [-0.15, -0.1) is 0 Å². The van der Waals surface area contributed by atoms with Gasteiger partial charge in [0.1, 0.15) is 0 Å². The van der Waals surface area contributed by atoms with Gasteiger partial charge in [0.15, 0.2) is 0 Å². The first kappa shape index (κ1) is 15.2. The molecule has 20 heavy (non-hydrogen) atoms. The van der Waals surface area contributed by atoms with Gasteiger partial charge in [-0.25, -0.2) is 0 Å². The van der Waals surface area contributed by atoms with Gasteiger partial charge in [0, 0.05) is 21.4 Å². The van der Waals surface area contributed by atoms with Crippen LogP contribution in [0.4, 0.5) is 13.2 Å². The third-order valence-electron chi connectivity index (χ3n) is 2.63. The summed E-state index contributed by atoms with van der Waals surface area (Å²) in [5.41, 5.74) is 5.32. The Hall–Kier alpha value is -1.17. The van der Waals surface area contributed by atoms with Crippen molar-refractivity contribution >= 4 is 23.4 Å². The maximum atomic E-state index is 12.7. The molecule has 0 spiro atoms. The topological polar surface area (TPSA) is 26.0 Å². The van der Waals surface area contributed by atoms with Gasteiger partial charge < -0.3 is 5.73 Å². The van der Waals surface area contributed by atoms with Crippen molar-refractivity contribution in [1.82, 2.24) is 0 Å². The van der Waals surface area contributed by atoms with E-state index >= 15 is 0 Å². The van der Waals surface area contributed by atoms with E-state index < -0.39 is 11.7 Å². The number of halogens is 4. The van der Waals surface area contributed by atoms with Crippen molar-refractivity contribution in [3.8, 4) is 0 Å². The van der Waals surface area contributed by atoms with Crippen molar-refractivity contribution in [2.45, 2.75) is 22.5 Å². The lowest BCUT2D eigenvalue weighted by atomic mass is 10.1. The van der Waals surface area contributed by atoms with Crippen molar-refractivity contribution in [3.63, 3.8) is 0 Å². The van der Waals surface area contributed by atoms with Crippen LogP contribution in [0.5, 0.6) is 0 Å². The van der Waals surface area contributed by atoms with Crippen LogP contribution in [0.1, 0.15) is 11.1 Å². The summed E-state index contributed by atoms with van der Waals surface area (Å²) in [7, 11) is 0. The first-order valence-corrected chi connectivity index (χ1v) is 6.93. The average molecular weight is 318 g/mol. The fourth-order valence-electron chi connectivity index (χ4n) is 1.67. The van der Waals surface area contributed by atoms with Gasteiger partial charge in [-0.2, -0.15) is 13.2 Å². The van der Waals surface area contributed by atoms with E-state index in [4.69, 9.17) is 17.3 Å². The summed E-state index contributed by atoms with van der Waals surface area (Å²) in [4.78, 5) is 1.55. The summed E-state index contributed by atoms with van der Waals surface area (Å²) >= 11 is 7.22. The summed E-state index contributed by atoms with van der Waals surface area (Å²) in [6.45, 7) is 0.0484. The van der Waals surface area contributed by atoms with E-state index in [0.717, 1.165) is 17.0 Å². The molecular weight excluding hydrogens is 307 g/mol. The molecule has 106 valence electrons. The highest BCUT2D eigenvalue weighted by Gasteiger charge is 2.30. The predicted octanol–water partition coefficient (Wildman–Crippen LogP) is 4.97. The monoisotopic (exact) mass is 317 g/mol. The van der Waals surface area contributed by atoms with Gasteiger partial charge in [-0.3, -0.25) is 0 Å². The molecule has 0 saturated carbocycles. The van der Waals surface area contributed by atoms with Crippen molar-refractivity contribution in [3.05, 3.63) is 58.6 Å². The van der Waals surface area contributed by atoms with Gasteiger partial charge in [0.2, 0.25) is 0 Å². The van der Waals surface area contributed by atoms with E-state index in [1.807, 2.05) is 6.07 Å². The average Bonchev–Trinajstić information content (AvgIpc) is 2.38. The Morgan fingerprint density at radius 1 is 1.10 bits per heavy atom. The van der Waals surface area contributed by atoms with Crippen LogP contribution in [0, 0.1) is 0 Å². The Balaban J connectivity index is 2.33. The molecule has 0 aliphatic rings. The minimum Gasteiger partial charge on any atom is -0.326 e. The minimum atomic E-state index is -4.36. The van der Waals surface area contributed by atoms with Gasteiger partial charge in [-0.05, 0) is 42.0 Å². The smallest absolute Gasteiger partial charge is 0.326 e. The molecule has 2 aromatic rings. The summed E-state index contributed by atoms with van der Waals surface area (Å²) in [5.74, 6) is 0. The Kier molecular flexibility index (Phi) is 4.62. The standard InChI is InChI=1S/C14H11ClF3NS/c15-11-2-1-3-12(7-11)20-13-5-4-10(14(16,17)18)6-9(13)8-19/h1-7H,8,19H2. The number of nitrogens with two attached hydrogens (primary N) is 1. The molecule has 2 aromatic carbocycles. The van der Waals surface area contributed by atoms with Gasteiger partial charge in [-0.1, -0.05) is 29.4 Å². The minimum absolute atomic E-state index is 0.0484. The second kappa shape index (κ2) is 6.08. The third kappa shape index (κ3) is 3.69. The van der Waals surface area contributed by atoms with Gasteiger partial charge >= 0.3 is 6.18 Å². The van der Waals surface area contributed by atoms with Crippen LogP contribution < -0.4 is 5.73 Å². The highest BCUT2D eigenvalue weighted by molar-refractivity contribution is 7.99. The predicted molar refractivity (Wildman–Crippen MR) is 74.9 cm³/mol. The fraction of sp³-hybridized carbons (Fsp3) is 0.143. The van der Waals surface area contributed by atoms with E-state index in [-0.39, 0.29) is 6.54 Å². The SMILES string of the molecule is NCc1cc(C(F)(F)F)ccc1Sc1cccc(Cl)c1. The zero-order valence-corrected chi connectivity index (χ0v) is 11.8. The number of alkyl halides is 3. The van der Waals surface area contributed by atoms with Crippen LogP contribution in [0.15, 0.2) is 52.3 Å². The normalized spacial score (nSPS) is 11.7. The van der Waals surface area contributed by atoms with Crippen molar-refractivity contribution in [2.75, 3.05) is 0 Å². The first-order valence-electron chi connectivity index (χ1n) is 5.74. The van der Waals surface area contributed by atoms with E-state index in [1.165, 1.54) is 17.8 Å². The number of hydrogen-bond donors (Lipinski definition) is 1. The number of benzene rings is 2. The summed E-state index contributed by atoms with van der Waals surface area (Å²) in [6, 6.07) is 10.7. The zero-order valence-electron chi connectivity index (χ0n) is 10.2. The molecule has 0 aliphatic heterocycles. The molecule has 2 N–H and O–H groups in total. The number of rotatable bonds is 3.